The van der Waals surface area contributed by atoms with Crippen LogP contribution >= 0.6 is 27.5 Å². The highest BCUT2D eigenvalue weighted by atomic mass is 79.9. The van der Waals surface area contributed by atoms with Gasteiger partial charge in [0.2, 0.25) is 0 Å². The van der Waals surface area contributed by atoms with Gasteiger partial charge in [0.1, 0.15) is 6.61 Å². The Morgan fingerprint density at radius 1 is 0.929 bits per heavy atom. The average Bonchev–Trinajstić information content (AvgIpc) is 2.67. The summed E-state index contributed by atoms with van der Waals surface area (Å²) in [7, 11) is 0. The van der Waals surface area contributed by atoms with Gasteiger partial charge in [-0.2, -0.15) is 0 Å². The molecule has 0 amide bonds. The van der Waals surface area contributed by atoms with Crippen LogP contribution in [0, 0.1) is 6.92 Å². The molecule has 0 bridgehead atoms. The van der Waals surface area contributed by atoms with Crippen LogP contribution in [0.5, 0.6) is 11.5 Å². The molecule has 1 N–H and O–H groups in total. The molecule has 5 heteroatoms. The van der Waals surface area contributed by atoms with E-state index >= 15 is 0 Å². The quantitative estimate of drug-likeness (QED) is 0.392. The predicted molar refractivity (Wildman–Crippen MR) is 120 cm³/mol. The highest BCUT2D eigenvalue weighted by molar-refractivity contribution is 9.10. The molecule has 28 heavy (non-hydrogen) atoms. The number of nitrogens with one attached hydrogen (secondary N) is 1. The van der Waals surface area contributed by atoms with Crippen molar-refractivity contribution in [1.29, 1.82) is 0 Å². The van der Waals surface area contributed by atoms with Gasteiger partial charge in [0.05, 0.1) is 6.61 Å². The summed E-state index contributed by atoms with van der Waals surface area (Å²) < 4.78 is 12.8. The maximum Gasteiger partial charge on any atom is 0.161 e. The fourth-order valence-corrected chi connectivity index (χ4v) is 3.55. The monoisotopic (exact) mass is 459 g/mol. The van der Waals surface area contributed by atoms with Crippen LogP contribution in [0.2, 0.25) is 5.02 Å². The molecule has 146 valence electrons. The summed E-state index contributed by atoms with van der Waals surface area (Å²) in [6.07, 6.45) is 0. The first-order valence-corrected chi connectivity index (χ1v) is 10.3. The van der Waals surface area contributed by atoms with E-state index in [-0.39, 0.29) is 0 Å². The minimum Gasteiger partial charge on any atom is -0.490 e. The molecule has 0 radical (unpaired) electrons. The SMILES string of the molecule is CCOc1cc(CNc2ccc(Br)cc2C)ccc1OCc1cccc(Cl)c1. The molecule has 3 rings (SSSR count). The minimum atomic E-state index is 0.441. The van der Waals surface area contributed by atoms with E-state index in [4.69, 9.17) is 21.1 Å². The molecule has 0 unspecified atom stereocenters. The van der Waals surface area contributed by atoms with Crippen molar-refractivity contribution in [3.8, 4) is 11.5 Å². The van der Waals surface area contributed by atoms with Crippen LogP contribution in [0.1, 0.15) is 23.6 Å². The summed E-state index contributed by atoms with van der Waals surface area (Å²) in [5.41, 5.74) is 4.45. The fourth-order valence-electron chi connectivity index (χ4n) is 2.86. The van der Waals surface area contributed by atoms with Crippen LogP contribution < -0.4 is 14.8 Å². The van der Waals surface area contributed by atoms with Gasteiger partial charge in [-0.3, -0.25) is 0 Å². The zero-order chi connectivity index (χ0) is 19.9. The number of hydrogen-bond donors (Lipinski definition) is 1. The molecule has 3 nitrogen and oxygen atoms in total. The van der Waals surface area contributed by atoms with Crippen molar-refractivity contribution in [2.24, 2.45) is 0 Å². The molecule has 0 aliphatic carbocycles. The normalized spacial score (nSPS) is 10.6. The number of ether oxygens (including phenoxy) is 2. The van der Waals surface area contributed by atoms with Crippen LogP contribution in [0.15, 0.2) is 65.1 Å². The number of rotatable bonds is 8. The molecule has 0 heterocycles. The van der Waals surface area contributed by atoms with Gasteiger partial charge >= 0.3 is 0 Å². The van der Waals surface area contributed by atoms with E-state index in [1.807, 2.05) is 49.4 Å². The molecule has 0 aromatic heterocycles. The van der Waals surface area contributed by atoms with Gasteiger partial charge in [0.15, 0.2) is 11.5 Å². The summed E-state index contributed by atoms with van der Waals surface area (Å²) in [4.78, 5) is 0. The molecule has 3 aromatic rings. The third kappa shape index (κ3) is 5.66. The van der Waals surface area contributed by atoms with E-state index < -0.39 is 0 Å². The second-order valence-electron chi connectivity index (χ2n) is 6.45. The van der Waals surface area contributed by atoms with E-state index in [0.29, 0.717) is 24.8 Å². The average molecular weight is 461 g/mol. The Labute approximate surface area is 179 Å². The maximum atomic E-state index is 6.04. The summed E-state index contributed by atoms with van der Waals surface area (Å²) in [5.74, 6) is 1.47. The highest BCUT2D eigenvalue weighted by Crippen LogP contribution is 2.30. The summed E-state index contributed by atoms with van der Waals surface area (Å²) in [6.45, 7) is 5.78. The molecule has 0 saturated carbocycles. The largest absolute Gasteiger partial charge is 0.490 e. The molecule has 0 aliphatic heterocycles. The summed E-state index contributed by atoms with van der Waals surface area (Å²) in [5, 5.41) is 4.18. The van der Waals surface area contributed by atoms with Crippen LogP contribution in [-0.4, -0.2) is 6.61 Å². The van der Waals surface area contributed by atoms with Crippen molar-refractivity contribution in [1.82, 2.24) is 0 Å². The third-order valence-corrected chi connectivity index (χ3v) is 4.99. The van der Waals surface area contributed by atoms with Gasteiger partial charge in [-0.25, -0.2) is 0 Å². The van der Waals surface area contributed by atoms with Crippen LogP contribution in [-0.2, 0) is 13.2 Å². The van der Waals surface area contributed by atoms with E-state index in [1.165, 1.54) is 5.56 Å². The van der Waals surface area contributed by atoms with Crippen molar-refractivity contribution in [2.75, 3.05) is 11.9 Å². The van der Waals surface area contributed by atoms with Gasteiger partial charge in [-0.05, 0) is 73.0 Å². The van der Waals surface area contributed by atoms with E-state index in [1.54, 1.807) is 0 Å². The van der Waals surface area contributed by atoms with Crippen LogP contribution in [0.25, 0.3) is 0 Å². The van der Waals surface area contributed by atoms with Gasteiger partial charge in [0, 0.05) is 21.7 Å². The van der Waals surface area contributed by atoms with E-state index in [2.05, 4.69) is 46.4 Å². The Morgan fingerprint density at radius 3 is 2.54 bits per heavy atom. The molecule has 0 aliphatic rings. The lowest BCUT2D eigenvalue weighted by molar-refractivity contribution is 0.269. The number of halogens is 2. The number of aryl methyl sites for hydroxylation is 1. The molecule has 0 fully saturated rings. The Balaban J connectivity index is 1.69. The molecule has 0 spiro atoms. The second-order valence-corrected chi connectivity index (χ2v) is 7.80. The smallest absolute Gasteiger partial charge is 0.161 e. The lowest BCUT2D eigenvalue weighted by atomic mass is 10.1. The zero-order valence-electron chi connectivity index (χ0n) is 16.0. The first kappa shape index (κ1) is 20.6. The van der Waals surface area contributed by atoms with Crippen molar-refractivity contribution in [3.05, 3.63) is 86.8 Å². The Kier molecular flexibility index (Phi) is 7.24. The maximum absolute atomic E-state index is 6.04. The number of anilines is 1. The van der Waals surface area contributed by atoms with Gasteiger partial charge in [-0.1, -0.05) is 45.7 Å². The summed E-state index contributed by atoms with van der Waals surface area (Å²) in [6, 6.07) is 19.9. The predicted octanol–water partition coefficient (Wildman–Crippen LogP) is 7.00. The van der Waals surface area contributed by atoms with Crippen molar-refractivity contribution in [3.63, 3.8) is 0 Å². The van der Waals surface area contributed by atoms with Crippen LogP contribution in [0.3, 0.4) is 0 Å². The van der Waals surface area contributed by atoms with Crippen molar-refractivity contribution in [2.45, 2.75) is 27.0 Å². The van der Waals surface area contributed by atoms with Gasteiger partial charge in [0.25, 0.3) is 0 Å². The highest BCUT2D eigenvalue weighted by Gasteiger charge is 2.08. The molecular formula is C23H23BrClNO2. The third-order valence-electron chi connectivity index (χ3n) is 4.26. The molecule has 0 atom stereocenters. The Bertz CT molecular complexity index is 946. The number of hydrogen-bond acceptors (Lipinski definition) is 3. The number of benzene rings is 3. The second kappa shape index (κ2) is 9.85. The first-order valence-electron chi connectivity index (χ1n) is 9.18. The molecular weight excluding hydrogens is 438 g/mol. The lowest BCUT2D eigenvalue weighted by Gasteiger charge is -2.15. The molecule has 3 aromatic carbocycles. The fraction of sp³-hybridized carbons (Fsp3) is 0.217. The topological polar surface area (TPSA) is 30.5 Å². The molecule has 0 saturated heterocycles. The Morgan fingerprint density at radius 2 is 1.79 bits per heavy atom. The van der Waals surface area contributed by atoms with Crippen LogP contribution in [0.4, 0.5) is 5.69 Å². The van der Waals surface area contributed by atoms with Crippen molar-refractivity contribution >= 4 is 33.2 Å². The van der Waals surface area contributed by atoms with Gasteiger partial charge in [-0.15, -0.1) is 0 Å². The zero-order valence-corrected chi connectivity index (χ0v) is 18.3. The standard InChI is InChI=1S/C23H23BrClNO2/c1-3-27-23-13-17(14-26-21-9-8-19(24)11-16(21)2)7-10-22(23)28-15-18-5-4-6-20(25)12-18/h4-13,26H,3,14-15H2,1-2H3. The van der Waals surface area contributed by atoms with Gasteiger partial charge < -0.3 is 14.8 Å². The van der Waals surface area contributed by atoms with E-state index in [0.717, 1.165) is 32.8 Å². The van der Waals surface area contributed by atoms with E-state index in [9.17, 15) is 0 Å². The first-order chi connectivity index (χ1) is 13.5. The lowest BCUT2D eigenvalue weighted by Crippen LogP contribution is -2.04. The Hall–Kier alpha value is -2.17. The van der Waals surface area contributed by atoms with Crippen molar-refractivity contribution < 1.29 is 9.47 Å². The minimum absolute atomic E-state index is 0.441. The summed E-state index contributed by atoms with van der Waals surface area (Å²) >= 11 is 9.54.